The van der Waals surface area contributed by atoms with Gasteiger partial charge in [0.05, 0.1) is 7.02 Å². The fourth-order valence-corrected chi connectivity index (χ4v) is 4.69. The third-order valence-electron chi connectivity index (χ3n) is 1.77. The molecule has 0 heterocycles. The molecule has 1 unspecified atom stereocenters. The van der Waals surface area contributed by atoms with Crippen molar-refractivity contribution in [3.05, 3.63) is 12.2 Å². The van der Waals surface area contributed by atoms with Crippen LogP contribution in [0.1, 0.15) is 33.1 Å². The molecular formula is C8H17ISi. The first kappa shape index (κ1) is 10.7. The summed E-state index contributed by atoms with van der Waals surface area (Å²) in [5.41, 5.74) is 1.08. The lowest BCUT2D eigenvalue weighted by atomic mass is 10.2. The van der Waals surface area contributed by atoms with Crippen LogP contribution in [0.15, 0.2) is 12.2 Å². The Kier molecular flexibility index (Phi) is 8.33. The van der Waals surface area contributed by atoms with Crippen LogP contribution in [0.5, 0.6) is 0 Å². The summed E-state index contributed by atoms with van der Waals surface area (Å²) in [6, 6.07) is 0. The Morgan fingerprint density at radius 1 is 1.60 bits per heavy atom. The monoisotopic (exact) mass is 268 g/mol. The number of rotatable bonds is 5. The van der Waals surface area contributed by atoms with Crippen LogP contribution in [0.2, 0.25) is 5.54 Å². The minimum atomic E-state index is 0.236. The van der Waals surface area contributed by atoms with Crippen LogP contribution in [0.25, 0.3) is 0 Å². The van der Waals surface area contributed by atoms with E-state index in [1.54, 1.807) is 0 Å². The number of hydrogen-bond acceptors (Lipinski definition) is 0. The molecule has 2 heteroatoms. The minimum absolute atomic E-state index is 0.236. The van der Waals surface area contributed by atoms with Crippen LogP contribution in [0.3, 0.4) is 0 Å². The summed E-state index contributed by atoms with van der Waals surface area (Å²) >= 11 is 2.62. The smallest absolute Gasteiger partial charge is 0.0968 e. The highest BCUT2D eigenvalue weighted by atomic mass is 127. The van der Waals surface area contributed by atoms with Gasteiger partial charge >= 0.3 is 0 Å². The Morgan fingerprint density at radius 3 is 2.70 bits per heavy atom. The number of halogens is 1. The molecule has 0 nitrogen and oxygen atoms in total. The van der Waals surface area contributed by atoms with Crippen molar-refractivity contribution in [2.24, 2.45) is 0 Å². The van der Waals surface area contributed by atoms with Crippen molar-refractivity contribution in [1.82, 2.24) is 0 Å². The molecule has 0 amide bonds. The Labute approximate surface area is 79.5 Å². The summed E-state index contributed by atoms with van der Waals surface area (Å²) < 4.78 is 0. The van der Waals surface area contributed by atoms with E-state index in [1.165, 1.54) is 19.3 Å². The van der Waals surface area contributed by atoms with Gasteiger partial charge in [0.25, 0.3) is 0 Å². The summed E-state index contributed by atoms with van der Waals surface area (Å²) in [5.74, 6) is 0. The Bertz CT molecular complexity index is 87.3. The van der Waals surface area contributed by atoms with Crippen molar-refractivity contribution in [3.8, 4) is 0 Å². The first-order valence-corrected chi connectivity index (χ1v) is 9.95. The van der Waals surface area contributed by atoms with Gasteiger partial charge in [0.2, 0.25) is 0 Å². The minimum Gasteiger partial charge on any atom is -0.128 e. The second-order valence-corrected chi connectivity index (χ2v) is 6.68. The SMILES string of the molecule is CC=CCCC(CC)[SiH2]I. The fourth-order valence-electron chi connectivity index (χ4n) is 0.889. The second kappa shape index (κ2) is 7.79. The van der Waals surface area contributed by atoms with E-state index >= 15 is 0 Å². The van der Waals surface area contributed by atoms with Crippen molar-refractivity contribution in [2.45, 2.75) is 38.7 Å². The zero-order chi connectivity index (χ0) is 7.82. The lowest BCUT2D eigenvalue weighted by Crippen LogP contribution is -1.94. The molecule has 0 aromatic rings. The highest BCUT2D eigenvalue weighted by Gasteiger charge is 2.01. The van der Waals surface area contributed by atoms with Crippen LogP contribution in [-0.4, -0.2) is 7.02 Å². The van der Waals surface area contributed by atoms with E-state index < -0.39 is 0 Å². The van der Waals surface area contributed by atoms with E-state index in [4.69, 9.17) is 0 Å². The van der Waals surface area contributed by atoms with Gasteiger partial charge in [-0.3, -0.25) is 0 Å². The third-order valence-corrected chi connectivity index (χ3v) is 6.93. The summed E-state index contributed by atoms with van der Waals surface area (Å²) in [4.78, 5) is 0. The first-order valence-electron chi connectivity index (χ1n) is 4.02. The quantitative estimate of drug-likeness (QED) is 0.311. The van der Waals surface area contributed by atoms with Crippen molar-refractivity contribution < 1.29 is 0 Å². The maximum atomic E-state index is 2.62. The Hall–Kier alpha value is 0.687. The average Bonchev–Trinajstić information content (AvgIpc) is 1.99. The summed E-state index contributed by atoms with van der Waals surface area (Å²) in [6.45, 7) is 4.41. The van der Waals surface area contributed by atoms with Gasteiger partial charge in [-0.15, -0.1) is 21.8 Å². The van der Waals surface area contributed by atoms with Crippen LogP contribution >= 0.6 is 21.8 Å². The maximum absolute atomic E-state index is 2.62. The molecule has 60 valence electrons. The van der Waals surface area contributed by atoms with Gasteiger partial charge in [-0.2, -0.15) is 0 Å². The summed E-state index contributed by atoms with van der Waals surface area (Å²) in [7, 11) is 0.236. The lowest BCUT2D eigenvalue weighted by molar-refractivity contribution is 0.725. The molecule has 0 aliphatic carbocycles. The maximum Gasteiger partial charge on any atom is 0.0968 e. The van der Waals surface area contributed by atoms with Crippen molar-refractivity contribution in [2.75, 3.05) is 0 Å². The molecule has 0 N–H and O–H groups in total. The fraction of sp³-hybridized carbons (Fsp3) is 0.750. The van der Waals surface area contributed by atoms with Gasteiger partial charge in [-0.05, 0) is 25.3 Å². The van der Waals surface area contributed by atoms with Crippen molar-refractivity contribution in [3.63, 3.8) is 0 Å². The van der Waals surface area contributed by atoms with Gasteiger partial charge in [0, 0.05) is 0 Å². The van der Waals surface area contributed by atoms with E-state index in [0.717, 1.165) is 5.54 Å². The van der Waals surface area contributed by atoms with E-state index in [9.17, 15) is 0 Å². The normalized spacial score (nSPS) is 15.5. The largest absolute Gasteiger partial charge is 0.128 e. The van der Waals surface area contributed by atoms with E-state index in [0.29, 0.717) is 0 Å². The Balaban J connectivity index is 3.25. The van der Waals surface area contributed by atoms with Crippen LogP contribution in [0, 0.1) is 0 Å². The second-order valence-electron chi connectivity index (χ2n) is 2.57. The topological polar surface area (TPSA) is 0 Å². The average molecular weight is 268 g/mol. The molecule has 0 radical (unpaired) electrons. The van der Waals surface area contributed by atoms with E-state index in [2.05, 4.69) is 47.8 Å². The molecule has 0 bridgehead atoms. The molecule has 0 aromatic carbocycles. The molecule has 0 rings (SSSR count). The molecule has 0 aromatic heterocycles. The van der Waals surface area contributed by atoms with Gasteiger partial charge < -0.3 is 0 Å². The zero-order valence-electron chi connectivity index (χ0n) is 6.94. The molecule has 0 fully saturated rings. The van der Waals surface area contributed by atoms with Gasteiger partial charge in [0.1, 0.15) is 0 Å². The van der Waals surface area contributed by atoms with Crippen LogP contribution < -0.4 is 0 Å². The van der Waals surface area contributed by atoms with Gasteiger partial charge in [-0.25, -0.2) is 0 Å². The standard InChI is InChI=1S/C8H17ISi/c1-3-5-6-7-8(4-2)10-9/h3,5,8H,4,6-7,10H2,1-2H3. The molecule has 0 aliphatic rings. The molecular weight excluding hydrogens is 251 g/mol. The summed E-state index contributed by atoms with van der Waals surface area (Å²) in [6.07, 6.45) is 8.55. The molecule has 0 saturated carbocycles. The highest BCUT2D eigenvalue weighted by molar-refractivity contribution is 14.1. The van der Waals surface area contributed by atoms with Crippen LogP contribution in [0.4, 0.5) is 0 Å². The first-order chi connectivity index (χ1) is 4.85. The van der Waals surface area contributed by atoms with Crippen molar-refractivity contribution in [1.29, 1.82) is 0 Å². The van der Waals surface area contributed by atoms with Crippen LogP contribution in [-0.2, 0) is 0 Å². The number of allylic oxidation sites excluding steroid dienone is 2. The van der Waals surface area contributed by atoms with Crippen molar-refractivity contribution >= 4 is 28.8 Å². The highest BCUT2D eigenvalue weighted by Crippen LogP contribution is 2.18. The predicted molar refractivity (Wildman–Crippen MR) is 60.7 cm³/mol. The molecule has 10 heavy (non-hydrogen) atoms. The lowest BCUT2D eigenvalue weighted by Gasteiger charge is -2.07. The Morgan fingerprint density at radius 2 is 2.30 bits per heavy atom. The zero-order valence-corrected chi connectivity index (χ0v) is 10.5. The number of hydrogen-bond donors (Lipinski definition) is 0. The molecule has 0 spiro atoms. The molecule has 0 aliphatic heterocycles. The molecule has 1 atom stereocenters. The summed E-state index contributed by atoms with van der Waals surface area (Å²) in [5, 5.41) is 0. The van der Waals surface area contributed by atoms with E-state index in [-0.39, 0.29) is 7.02 Å². The van der Waals surface area contributed by atoms with Gasteiger partial charge in [0.15, 0.2) is 0 Å². The predicted octanol–water partition coefficient (Wildman–Crippen LogP) is 3.06. The van der Waals surface area contributed by atoms with E-state index in [1.807, 2.05) is 0 Å². The molecule has 0 saturated heterocycles. The van der Waals surface area contributed by atoms with Gasteiger partial charge in [-0.1, -0.05) is 25.5 Å². The third kappa shape index (κ3) is 5.47.